The maximum atomic E-state index is 11.7. The van der Waals surface area contributed by atoms with E-state index >= 15 is 0 Å². The van der Waals surface area contributed by atoms with Crippen molar-refractivity contribution in [3.05, 3.63) is 29.3 Å². The summed E-state index contributed by atoms with van der Waals surface area (Å²) >= 11 is 0. The molecule has 1 aliphatic heterocycles. The van der Waals surface area contributed by atoms with Crippen molar-refractivity contribution in [2.75, 3.05) is 0 Å². The van der Waals surface area contributed by atoms with Gasteiger partial charge >= 0.3 is 5.97 Å². The molecule has 0 fully saturated rings. The van der Waals surface area contributed by atoms with Gasteiger partial charge in [-0.1, -0.05) is 0 Å². The Morgan fingerprint density at radius 3 is 2.88 bits per heavy atom. The SMILES string of the molecule is N#Cc1ccc2c(c1)C(=O)C(C(=O)O)C=N2. The highest BCUT2D eigenvalue weighted by molar-refractivity contribution is 6.22. The minimum absolute atomic E-state index is 0.189. The van der Waals surface area contributed by atoms with Gasteiger partial charge in [0.25, 0.3) is 0 Å². The van der Waals surface area contributed by atoms with Crippen molar-refractivity contribution < 1.29 is 14.7 Å². The molecule has 1 aromatic rings. The van der Waals surface area contributed by atoms with E-state index in [-0.39, 0.29) is 5.56 Å². The summed E-state index contributed by atoms with van der Waals surface area (Å²) in [5, 5.41) is 17.5. The van der Waals surface area contributed by atoms with Crippen LogP contribution in [-0.2, 0) is 4.79 Å². The minimum atomic E-state index is -1.25. The van der Waals surface area contributed by atoms with Gasteiger partial charge in [-0.15, -0.1) is 0 Å². The molecule has 1 aromatic carbocycles. The van der Waals surface area contributed by atoms with Crippen LogP contribution in [0.2, 0.25) is 0 Å². The van der Waals surface area contributed by atoms with E-state index in [0.29, 0.717) is 11.3 Å². The second-order valence-electron chi connectivity index (χ2n) is 3.30. The number of nitriles is 1. The fourth-order valence-electron chi connectivity index (χ4n) is 1.48. The predicted molar refractivity (Wildman–Crippen MR) is 54.8 cm³/mol. The van der Waals surface area contributed by atoms with Gasteiger partial charge < -0.3 is 5.11 Å². The molecule has 1 heterocycles. The second kappa shape index (κ2) is 3.59. The molecule has 0 saturated heterocycles. The van der Waals surface area contributed by atoms with Gasteiger partial charge in [-0.3, -0.25) is 14.6 Å². The Labute approximate surface area is 90.7 Å². The number of aliphatic carboxylic acids is 1. The maximum absolute atomic E-state index is 11.7. The number of nitrogens with zero attached hydrogens (tertiary/aromatic N) is 2. The molecule has 1 aliphatic rings. The zero-order valence-electron chi connectivity index (χ0n) is 8.04. The van der Waals surface area contributed by atoms with Crippen molar-refractivity contribution in [2.45, 2.75) is 0 Å². The fourth-order valence-corrected chi connectivity index (χ4v) is 1.48. The highest BCUT2D eigenvalue weighted by Gasteiger charge is 2.30. The van der Waals surface area contributed by atoms with Crippen molar-refractivity contribution in [1.82, 2.24) is 0 Å². The van der Waals surface area contributed by atoms with Crippen LogP contribution in [0, 0.1) is 17.2 Å². The van der Waals surface area contributed by atoms with E-state index in [1.807, 2.05) is 6.07 Å². The molecule has 0 saturated carbocycles. The summed E-state index contributed by atoms with van der Waals surface area (Å²) in [7, 11) is 0. The molecule has 2 rings (SSSR count). The van der Waals surface area contributed by atoms with Gasteiger partial charge in [0, 0.05) is 11.8 Å². The van der Waals surface area contributed by atoms with Crippen LogP contribution in [-0.4, -0.2) is 23.1 Å². The summed E-state index contributed by atoms with van der Waals surface area (Å²) in [6.07, 6.45) is 1.11. The molecule has 0 bridgehead atoms. The summed E-state index contributed by atoms with van der Waals surface area (Å²) < 4.78 is 0. The van der Waals surface area contributed by atoms with Crippen LogP contribution in [0.1, 0.15) is 15.9 Å². The molecule has 16 heavy (non-hydrogen) atoms. The molecular weight excluding hydrogens is 208 g/mol. The van der Waals surface area contributed by atoms with Crippen LogP contribution in [0.3, 0.4) is 0 Å². The normalized spacial score (nSPS) is 17.7. The van der Waals surface area contributed by atoms with Crippen LogP contribution in [0.25, 0.3) is 0 Å². The first-order valence-electron chi connectivity index (χ1n) is 4.49. The van der Waals surface area contributed by atoms with Gasteiger partial charge in [0.1, 0.15) is 0 Å². The third-order valence-corrected chi connectivity index (χ3v) is 2.30. The smallest absolute Gasteiger partial charge is 0.319 e. The zero-order chi connectivity index (χ0) is 11.7. The van der Waals surface area contributed by atoms with Crippen molar-refractivity contribution in [3.8, 4) is 6.07 Å². The van der Waals surface area contributed by atoms with E-state index in [4.69, 9.17) is 10.4 Å². The van der Waals surface area contributed by atoms with Gasteiger partial charge in [0.05, 0.1) is 17.3 Å². The number of carbonyl (C=O) groups is 2. The topological polar surface area (TPSA) is 90.5 Å². The molecular formula is C11H6N2O3. The predicted octanol–water partition coefficient (Wildman–Crippen LogP) is 1.16. The average molecular weight is 214 g/mol. The summed E-state index contributed by atoms with van der Waals surface area (Å²) in [4.78, 5) is 26.4. The van der Waals surface area contributed by atoms with E-state index < -0.39 is 17.7 Å². The molecule has 0 amide bonds. The molecule has 78 valence electrons. The Hall–Kier alpha value is -2.48. The number of carbonyl (C=O) groups excluding carboxylic acids is 1. The average Bonchev–Trinajstić information content (AvgIpc) is 2.28. The standard InChI is InChI=1S/C11H6N2O3/c12-4-6-1-2-9-7(3-6)10(14)8(5-13-9)11(15)16/h1-3,5,8H,(H,15,16). The van der Waals surface area contributed by atoms with Gasteiger partial charge in [-0.2, -0.15) is 5.26 Å². The van der Waals surface area contributed by atoms with Gasteiger partial charge in [0.15, 0.2) is 11.7 Å². The number of Topliss-reactive ketones (excluding diaryl/α,β-unsaturated/α-hetero) is 1. The van der Waals surface area contributed by atoms with E-state index in [1.54, 1.807) is 0 Å². The Morgan fingerprint density at radius 2 is 2.25 bits per heavy atom. The first-order valence-corrected chi connectivity index (χ1v) is 4.49. The lowest BCUT2D eigenvalue weighted by atomic mass is 9.93. The van der Waals surface area contributed by atoms with Gasteiger partial charge in [-0.25, -0.2) is 0 Å². The number of hydrogen-bond donors (Lipinski definition) is 1. The number of ketones is 1. The lowest BCUT2D eigenvalue weighted by molar-refractivity contribution is -0.137. The molecule has 0 spiro atoms. The number of aliphatic imine (C=N–C) groups is 1. The van der Waals surface area contributed by atoms with Crippen LogP contribution in [0.4, 0.5) is 5.69 Å². The highest BCUT2D eigenvalue weighted by atomic mass is 16.4. The molecule has 1 unspecified atom stereocenters. The maximum Gasteiger partial charge on any atom is 0.319 e. The summed E-state index contributed by atoms with van der Waals surface area (Å²) in [5.41, 5.74) is 0.906. The first-order chi connectivity index (χ1) is 7.63. The summed E-state index contributed by atoms with van der Waals surface area (Å²) in [6, 6.07) is 6.32. The molecule has 5 nitrogen and oxygen atoms in total. The number of fused-ring (bicyclic) bond motifs is 1. The first kappa shape index (κ1) is 10.1. The minimum Gasteiger partial charge on any atom is -0.480 e. The second-order valence-corrected chi connectivity index (χ2v) is 3.30. The van der Waals surface area contributed by atoms with E-state index in [2.05, 4.69) is 4.99 Å². The Kier molecular flexibility index (Phi) is 2.25. The van der Waals surface area contributed by atoms with E-state index in [9.17, 15) is 9.59 Å². The van der Waals surface area contributed by atoms with E-state index in [1.165, 1.54) is 18.2 Å². The number of carboxylic acids is 1. The van der Waals surface area contributed by atoms with Gasteiger partial charge in [0.2, 0.25) is 0 Å². The van der Waals surface area contributed by atoms with Crippen LogP contribution >= 0.6 is 0 Å². The third kappa shape index (κ3) is 1.46. The Morgan fingerprint density at radius 1 is 1.50 bits per heavy atom. The number of hydrogen-bond acceptors (Lipinski definition) is 4. The Balaban J connectivity index is 2.54. The van der Waals surface area contributed by atoms with Crippen molar-refractivity contribution >= 4 is 23.7 Å². The monoisotopic (exact) mass is 214 g/mol. The van der Waals surface area contributed by atoms with Gasteiger partial charge in [-0.05, 0) is 18.2 Å². The largest absolute Gasteiger partial charge is 0.480 e. The number of benzene rings is 1. The van der Waals surface area contributed by atoms with Crippen LogP contribution < -0.4 is 0 Å². The van der Waals surface area contributed by atoms with Crippen molar-refractivity contribution in [2.24, 2.45) is 10.9 Å². The van der Waals surface area contributed by atoms with E-state index in [0.717, 1.165) is 6.21 Å². The van der Waals surface area contributed by atoms with Crippen molar-refractivity contribution in [1.29, 1.82) is 5.26 Å². The lowest BCUT2D eigenvalue weighted by Crippen LogP contribution is -2.27. The third-order valence-electron chi connectivity index (χ3n) is 2.30. The summed E-state index contributed by atoms with van der Waals surface area (Å²) in [5.74, 6) is -3.02. The number of rotatable bonds is 1. The molecule has 0 aromatic heterocycles. The summed E-state index contributed by atoms with van der Waals surface area (Å²) in [6.45, 7) is 0. The highest BCUT2D eigenvalue weighted by Crippen LogP contribution is 2.27. The molecule has 0 radical (unpaired) electrons. The molecule has 0 aliphatic carbocycles. The zero-order valence-corrected chi connectivity index (χ0v) is 8.04. The Bertz CT molecular complexity index is 555. The molecule has 1 atom stereocenters. The quantitative estimate of drug-likeness (QED) is 0.710. The van der Waals surface area contributed by atoms with Crippen LogP contribution in [0.15, 0.2) is 23.2 Å². The fraction of sp³-hybridized carbons (Fsp3) is 0.0909. The van der Waals surface area contributed by atoms with Crippen molar-refractivity contribution in [3.63, 3.8) is 0 Å². The molecule has 1 N–H and O–H groups in total. The lowest BCUT2D eigenvalue weighted by Gasteiger charge is -2.13. The number of carboxylic acid groups (broad SMARTS) is 1. The van der Waals surface area contributed by atoms with Crippen LogP contribution in [0.5, 0.6) is 0 Å². The molecule has 5 heteroatoms.